The largest absolute Gasteiger partial charge is 0.332 e. The standard InChI is InChI=1S/C13H14N2OS/c1-3-10-4-6-11(7-5-10)15-13-14-8-12(17-13)9(2)16/h4-8H,3H2,1-2H3,(H,14,15). The van der Waals surface area contributed by atoms with E-state index < -0.39 is 0 Å². The van der Waals surface area contributed by atoms with Crippen molar-refractivity contribution in [2.24, 2.45) is 0 Å². The molecule has 2 aromatic rings. The van der Waals surface area contributed by atoms with Crippen molar-refractivity contribution < 1.29 is 4.79 Å². The van der Waals surface area contributed by atoms with Crippen LogP contribution in [-0.2, 0) is 6.42 Å². The average Bonchev–Trinajstić information content (AvgIpc) is 2.79. The SMILES string of the molecule is CCc1ccc(Nc2ncc(C(C)=O)s2)cc1. The van der Waals surface area contributed by atoms with Crippen molar-refractivity contribution >= 4 is 27.9 Å². The van der Waals surface area contributed by atoms with Gasteiger partial charge in [0.05, 0.1) is 11.1 Å². The fraction of sp³-hybridized carbons (Fsp3) is 0.231. The summed E-state index contributed by atoms with van der Waals surface area (Å²) in [5.74, 6) is 0.0527. The molecule has 0 fully saturated rings. The molecule has 0 saturated carbocycles. The number of rotatable bonds is 4. The Kier molecular flexibility index (Phi) is 3.54. The third-order valence-electron chi connectivity index (χ3n) is 2.47. The van der Waals surface area contributed by atoms with Gasteiger partial charge < -0.3 is 5.32 Å². The molecule has 0 amide bonds. The first-order valence-electron chi connectivity index (χ1n) is 5.51. The van der Waals surface area contributed by atoms with E-state index in [9.17, 15) is 4.79 Å². The van der Waals surface area contributed by atoms with Gasteiger partial charge in [0, 0.05) is 12.6 Å². The van der Waals surface area contributed by atoms with Gasteiger partial charge in [-0.15, -0.1) is 0 Å². The number of ketones is 1. The minimum absolute atomic E-state index is 0.0527. The van der Waals surface area contributed by atoms with Gasteiger partial charge in [0.15, 0.2) is 10.9 Å². The number of hydrogen-bond acceptors (Lipinski definition) is 4. The Morgan fingerprint density at radius 2 is 2.06 bits per heavy atom. The Morgan fingerprint density at radius 1 is 1.35 bits per heavy atom. The molecule has 0 atom stereocenters. The molecule has 0 aliphatic rings. The number of anilines is 2. The Bertz CT molecular complexity index is 516. The lowest BCUT2D eigenvalue weighted by Gasteiger charge is -2.03. The number of thiazole rings is 1. The van der Waals surface area contributed by atoms with E-state index in [1.165, 1.54) is 16.9 Å². The second-order valence-electron chi connectivity index (χ2n) is 3.76. The molecule has 17 heavy (non-hydrogen) atoms. The number of hydrogen-bond donors (Lipinski definition) is 1. The molecule has 3 nitrogen and oxygen atoms in total. The van der Waals surface area contributed by atoms with Crippen LogP contribution in [0.4, 0.5) is 10.8 Å². The van der Waals surface area contributed by atoms with Gasteiger partial charge in [-0.2, -0.15) is 0 Å². The summed E-state index contributed by atoms with van der Waals surface area (Å²) in [5.41, 5.74) is 2.30. The molecule has 1 aromatic heterocycles. The summed E-state index contributed by atoms with van der Waals surface area (Å²) in [4.78, 5) is 16.0. The molecule has 0 bridgehead atoms. The molecule has 1 heterocycles. The van der Waals surface area contributed by atoms with E-state index in [0.29, 0.717) is 4.88 Å². The van der Waals surface area contributed by atoms with Gasteiger partial charge in [-0.05, 0) is 24.1 Å². The van der Waals surface area contributed by atoms with Crippen molar-refractivity contribution in [3.05, 3.63) is 40.9 Å². The summed E-state index contributed by atoms with van der Waals surface area (Å²) in [6, 6.07) is 8.21. The molecule has 0 radical (unpaired) electrons. The monoisotopic (exact) mass is 246 g/mol. The summed E-state index contributed by atoms with van der Waals surface area (Å²) >= 11 is 1.37. The van der Waals surface area contributed by atoms with Crippen LogP contribution < -0.4 is 5.32 Å². The number of aromatic nitrogens is 1. The van der Waals surface area contributed by atoms with Gasteiger partial charge >= 0.3 is 0 Å². The average molecular weight is 246 g/mol. The highest BCUT2D eigenvalue weighted by Crippen LogP contribution is 2.23. The number of carbonyl (C=O) groups is 1. The number of nitrogens with zero attached hydrogens (tertiary/aromatic N) is 1. The van der Waals surface area contributed by atoms with E-state index in [0.717, 1.165) is 17.2 Å². The molecule has 0 aliphatic carbocycles. The normalized spacial score (nSPS) is 10.2. The minimum Gasteiger partial charge on any atom is -0.332 e. The first-order valence-corrected chi connectivity index (χ1v) is 6.33. The fourth-order valence-corrected chi connectivity index (χ4v) is 2.17. The summed E-state index contributed by atoms with van der Waals surface area (Å²) in [5, 5.41) is 3.94. The van der Waals surface area contributed by atoms with Gasteiger partial charge in [-0.1, -0.05) is 30.4 Å². The lowest BCUT2D eigenvalue weighted by molar-refractivity contribution is 0.102. The Balaban J connectivity index is 2.11. The van der Waals surface area contributed by atoms with Gasteiger partial charge in [-0.25, -0.2) is 4.98 Å². The summed E-state index contributed by atoms with van der Waals surface area (Å²) < 4.78 is 0. The molecule has 0 unspecified atom stereocenters. The molecule has 0 aliphatic heterocycles. The maximum absolute atomic E-state index is 11.1. The first-order chi connectivity index (χ1) is 8.19. The summed E-state index contributed by atoms with van der Waals surface area (Å²) in [6.45, 7) is 3.68. The zero-order valence-corrected chi connectivity index (χ0v) is 10.7. The first kappa shape index (κ1) is 11.8. The highest BCUT2D eigenvalue weighted by molar-refractivity contribution is 7.17. The van der Waals surface area contributed by atoms with Crippen LogP contribution in [0.1, 0.15) is 29.1 Å². The van der Waals surface area contributed by atoms with Crippen LogP contribution in [0.5, 0.6) is 0 Å². The number of benzene rings is 1. The second-order valence-corrected chi connectivity index (χ2v) is 4.79. The van der Waals surface area contributed by atoms with E-state index in [4.69, 9.17) is 0 Å². The molecule has 4 heteroatoms. The van der Waals surface area contributed by atoms with Crippen LogP contribution in [0.3, 0.4) is 0 Å². The quantitative estimate of drug-likeness (QED) is 0.837. The maximum Gasteiger partial charge on any atom is 0.187 e. The molecule has 2 rings (SSSR count). The lowest BCUT2D eigenvalue weighted by Crippen LogP contribution is -1.89. The number of carbonyl (C=O) groups excluding carboxylic acids is 1. The van der Waals surface area contributed by atoms with Crippen molar-refractivity contribution in [2.45, 2.75) is 20.3 Å². The van der Waals surface area contributed by atoms with Crippen LogP contribution in [0.15, 0.2) is 30.5 Å². The minimum atomic E-state index is 0.0527. The zero-order chi connectivity index (χ0) is 12.3. The topological polar surface area (TPSA) is 42.0 Å². The van der Waals surface area contributed by atoms with E-state index >= 15 is 0 Å². The van der Waals surface area contributed by atoms with Crippen LogP contribution in [0, 0.1) is 0 Å². The smallest absolute Gasteiger partial charge is 0.187 e. The van der Waals surface area contributed by atoms with Gasteiger partial charge in [-0.3, -0.25) is 4.79 Å². The molecule has 0 saturated heterocycles. The predicted molar refractivity (Wildman–Crippen MR) is 71.2 cm³/mol. The second kappa shape index (κ2) is 5.10. The van der Waals surface area contributed by atoms with Crippen LogP contribution in [0.2, 0.25) is 0 Å². The van der Waals surface area contributed by atoms with Crippen LogP contribution >= 0.6 is 11.3 Å². The molecule has 1 aromatic carbocycles. The van der Waals surface area contributed by atoms with E-state index in [-0.39, 0.29) is 5.78 Å². The molecular weight excluding hydrogens is 232 g/mol. The Morgan fingerprint density at radius 3 is 2.59 bits per heavy atom. The highest BCUT2D eigenvalue weighted by Gasteiger charge is 2.05. The van der Waals surface area contributed by atoms with E-state index in [1.54, 1.807) is 13.1 Å². The lowest BCUT2D eigenvalue weighted by atomic mass is 10.1. The molecular formula is C13H14N2OS. The zero-order valence-electron chi connectivity index (χ0n) is 9.86. The number of aryl methyl sites for hydroxylation is 1. The van der Waals surface area contributed by atoms with Crippen molar-refractivity contribution in [3.63, 3.8) is 0 Å². The van der Waals surface area contributed by atoms with Crippen LogP contribution in [-0.4, -0.2) is 10.8 Å². The van der Waals surface area contributed by atoms with E-state index in [2.05, 4.69) is 29.4 Å². The predicted octanol–water partition coefficient (Wildman–Crippen LogP) is 3.65. The van der Waals surface area contributed by atoms with Crippen molar-refractivity contribution in [3.8, 4) is 0 Å². The van der Waals surface area contributed by atoms with Crippen molar-refractivity contribution in [1.82, 2.24) is 4.98 Å². The van der Waals surface area contributed by atoms with E-state index in [1.807, 2.05) is 12.1 Å². The Hall–Kier alpha value is -1.68. The fourth-order valence-electron chi connectivity index (χ4n) is 1.44. The third kappa shape index (κ3) is 2.91. The number of Topliss-reactive ketones (excluding diaryl/α,β-unsaturated/α-hetero) is 1. The van der Waals surface area contributed by atoms with Crippen molar-refractivity contribution in [1.29, 1.82) is 0 Å². The summed E-state index contributed by atoms with van der Waals surface area (Å²) in [7, 11) is 0. The maximum atomic E-state index is 11.1. The summed E-state index contributed by atoms with van der Waals surface area (Å²) in [6.07, 6.45) is 2.64. The van der Waals surface area contributed by atoms with Gasteiger partial charge in [0.25, 0.3) is 0 Å². The third-order valence-corrected chi connectivity index (χ3v) is 3.48. The highest BCUT2D eigenvalue weighted by atomic mass is 32.1. The van der Waals surface area contributed by atoms with Gasteiger partial charge in [0.2, 0.25) is 0 Å². The molecule has 0 spiro atoms. The molecule has 88 valence electrons. The number of nitrogens with one attached hydrogen (secondary N) is 1. The van der Waals surface area contributed by atoms with Crippen molar-refractivity contribution in [2.75, 3.05) is 5.32 Å². The molecule has 1 N–H and O–H groups in total. The van der Waals surface area contributed by atoms with Crippen LogP contribution in [0.25, 0.3) is 0 Å². The van der Waals surface area contributed by atoms with Gasteiger partial charge in [0.1, 0.15) is 0 Å². The Labute approximate surface area is 105 Å².